The van der Waals surface area contributed by atoms with E-state index < -0.39 is 11.4 Å². The predicted molar refractivity (Wildman–Crippen MR) is 63.3 cm³/mol. The summed E-state index contributed by atoms with van der Waals surface area (Å²) < 4.78 is 13.5. The molecule has 1 aromatic rings. The average Bonchev–Trinajstić information content (AvgIpc) is 2.17. The Kier molecular flexibility index (Phi) is 3.97. The fourth-order valence-corrected chi connectivity index (χ4v) is 1.86. The normalized spacial score (nSPS) is 11.5. The smallest absolute Gasteiger partial charge is 0.309 e. The Bertz CT molecular complexity index is 402. The maximum Gasteiger partial charge on any atom is 0.309 e. The van der Waals surface area contributed by atoms with Gasteiger partial charge in [0.15, 0.2) is 0 Å². The molecule has 1 rings (SSSR count). The van der Waals surface area contributed by atoms with E-state index in [4.69, 9.17) is 5.11 Å². The number of carbonyl (C=O) groups is 1. The summed E-state index contributed by atoms with van der Waals surface area (Å²) in [5.74, 6) is -1.16. The molecule has 0 aliphatic carbocycles. The predicted octanol–water partition coefficient (Wildman–Crippen LogP) is 3.20. The molecule has 0 amide bonds. The molecule has 0 atom stereocenters. The molecule has 0 heterocycles. The van der Waals surface area contributed by atoms with Crippen LogP contribution in [0.5, 0.6) is 0 Å². The molecule has 1 N–H and O–H groups in total. The van der Waals surface area contributed by atoms with Crippen LogP contribution in [0.4, 0.5) is 4.39 Å². The zero-order valence-corrected chi connectivity index (χ0v) is 10.4. The highest BCUT2D eigenvalue weighted by Crippen LogP contribution is 2.25. The molecule has 1 aromatic carbocycles. The third-order valence-electron chi connectivity index (χ3n) is 2.44. The van der Waals surface area contributed by atoms with Crippen LogP contribution in [0.2, 0.25) is 0 Å². The molecule has 0 aliphatic rings. The Morgan fingerprint density at radius 2 is 2.12 bits per heavy atom. The molecule has 16 heavy (non-hydrogen) atoms. The number of aliphatic carboxylic acids is 1. The number of benzene rings is 1. The molecule has 0 saturated heterocycles. The molecule has 0 saturated carbocycles. The van der Waals surface area contributed by atoms with Crippen LogP contribution in [0.3, 0.4) is 0 Å². The van der Waals surface area contributed by atoms with Gasteiger partial charge in [-0.1, -0.05) is 6.07 Å². The lowest BCUT2D eigenvalue weighted by Crippen LogP contribution is -2.26. The maximum absolute atomic E-state index is 13.5. The first-order chi connectivity index (χ1) is 7.36. The van der Waals surface area contributed by atoms with E-state index in [9.17, 15) is 9.18 Å². The van der Waals surface area contributed by atoms with Gasteiger partial charge < -0.3 is 5.11 Å². The minimum Gasteiger partial charge on any atom is -0.481 e. The Morgan fingerprint density at radius 1 is 1.50 bits per heavy atom. The molecule has 0 radical (unpaired) electrons. The van der Waals surface area contributed by atoms with Crippen molar-refractivity contribution in [2.75, 3.05) is 6.26 Å². The number of carboxylic acid groups (broad SMARTS) is 1. The summed E-state index contributed by atoms with van der Waals surface area (Å²) in [5.41, 5.74) is -0.157. The summed E-state index contributed by atoms with van der Waals surface area (Å²) in [6, 6.07) is 4.88. The third-order valence-corrected chi connectivity index (χ3v) is 3.21. The van der Waals surface area contributed by atoms with Crippen LogP contribution < -0.4 is 0 Å². The molecule has 2 nitrogen and oxygen atoms in total. The first-order valence-electron chi connectivity index (χ1n) is 4.92. The third kappa shape index (κ3) is 2.98. The van der Waals surface area contributed by atoms with E-state index in [1.54, 1.807) is 32.2 Å². The maximum atomic E-state index is 13.5. The highest BCUT2D eigenvalue weighted by atomic mass is 32.2. The van der Waals surface area contributed by atoms with Crippen molar-refractivity contribution in [1.82, 2.24) is 0 Å². The quantitative estimate of drug-likeness (QED) is 0.824. The van der Waals surface area contributed by atoms with E-state index in [-0.39, 0.29) is 5.82 Å². The summed E-state index contributed by atoms with van der Waals surface area (Å²) in [6.07, 6.45) is 2.13. The molecule has 0 fully saturated rings. The van der Waals surface area contributed by atoms with Crippen LogP contribution in [0.25, 0.3) is 0 Å². The fraction of sp³-hybridized carbons (Fsp3) is 0.417. The highest BCUT2D eigenvalue weighted by Gasteiger charge is 2.27. The van der Waals surface area contributed by atoms with E-state index in [0.29, 0.717) is 16.9 Å². The van der Waals surface area contributed by atoms with E-state index in [0.717, 1.165) is 0 Å². The van der Waals surface area contributed by atoms with Crippen LogP contribution in [0.1, 0.15) is 19.4 Å². The Balaban J connectivity index is 2.91. The summed E-state index contributed by atoms with van der Waals surface area (Å²) in [7, 11) is 0. The Morgan fingerprint density at radius 3 is 2.56 bits per heavy atom. The first kappa shape index (κ1) is 13.0. The number of carboxylic acids is 1. The van der Waals surface area contributed by atoms with Crippen LogP contribution in [0.15, 0.2) is 23.1 Å². The van der Waals surface area contributed by atoms with Crippen LogP contribution in [-0.2, 0) is 11.2 Å². The Labute approximate surface area is 98.9 Å². The van der Waals surface area contributed by atoms with Gasteiger partial charge in [-0.15, -0.1) is 11.8 Å². The highest BCUT2D eigenvalue weighted by molar-refractivity contribution is 7.98. The van der Waals surface area contributed by atoms with Crippen molar-refractivity contribution in [3.63, 3.8) is 0 Å². The lowest BCUT2D eigenvalue weighted by Gasteiger charge is -2.19. The van der Waals surface area contributed by atoms with Gasteiger partial charge in [0.25, 0.3) is 0 Å². The van der Waals surface area contributed by atoms with Crippen LogP contribution >= 0.6 is 11.8 Å². The van der Waals surface area contributed by atoms with E-state index in [1.807, 2.05) is 0 Å². The average molecular weight is 242 g/mol. The van der Waals surface area contributed by atoms with Gasteiger partial charge in [0.1, 0.15) is 5.82 Å². The van der Waals surface area contributed by atoms with Crippen LogP contribution in [0, 0.1) is 11.2 Å². The molecule has 4 heteroatoms. The number of hydrogen-bond donors (Lipinski definition) is 1. The fourth-order valence-electron chi connectivity index (χ4n) is 1.41. The zero-order chi connectivity index (χ0) is 12.3. The minimum absolute atomic E-state index is 0.286. The molecule has 0 aliphatic heterocycles. The van der Waals surface area contributed by atoms with Gasteiger partial charge in [-0.25, -0.2) is 4.39 Å². The minimum atomic E-state index is -0.873. The second kappa shape index (κ2) is 4.87. The van der Waals surface area contributed by atoms with Crippen molar-refractivity contribution >= 4 is 17.7 Å². The van der Waals surface area contributed by atoms with E-state index >= 15 is 0 Å². The molecular weight excluding hydrogens is 227 g/mol. The van der Waals surface area contributed by atoms with Crippen LogP contribution in [-0.4, -0.2) is 17.3 Å². The first-order valence-corrected chi connectivity index (χ1v) is 6.15. The van der Waals surface area contributed by atoms with Gasteiger partial charge in [-0.2, -0.15) is 0 Å². The summed E-state index contributed by atoms with van der Waals surface area (Å²) in [5, 5.41) is 8.97. The van der Waals surface area contributed by atoms with Crippen molar-refractivity contribution in [3.05, 3.63) is 29.6 Å². The van der Waals surface area contributed by atoms with Gasteiger partial charge >= 0.3 is 5.97 Å². The number of hydrogen-bond acceptors (Lipinski definition) is 2. The topological polar surface area (TPSA) is 37.3 Å². The number of rotatable bonds is 4. The molecule has 0 aromatic heterocycles. The van der Waals surface area contributed by atoms with Crippen molar-refractivity contribution in [1.29, 1.82) is 0 Å². The monoisotopic (exact) mass is 242 g/mol. The summed E-state index contributed by atoms with van der Waals surface area (Å²) in [4.78, 5) is 11.5. The zero-order valence-electron chi connectivity index (χ0n) is 9.58. The lowest BCUT2D eigenvalue weighted by atomic mass is 9.86. The molecule has 0 unspecified atom stereocenters. The molecule has 0 bridgehead atoms. The van der Waals surface area contributed by atoms with Crippen molar-refractivity contribution < 1.29 is 14.3 Å². The number of halogens is 1. The van der Waals surface area contributed by atoms with Crippen molar-refractivity contribution in [2.45, 2.75) is 25.2 Å². The van der Waals surface area contributed by atoms with E-state index in [1.165, 1.54) is 17.8 Å². The van der Waals surface area contributed by atoms with Gasteiger partial charge in [0.05, 0.1) is 5.41 Å². The van der Waals surface area contributed by atoms with Gasteiger partial charge in [0.2, 0.25) is 0 Å². The van der Waals surface area contributed by atoms with Crippen molar-refractivity contribution in [3.8, 4) is 0 Å². The summed E-state index contributed by atoms with van der Waals surface area (Å²) >= 11 is 1.34. The molecule has 0 spiro atoms. The molecular formula is C12H15FO2S. The van der Waals surface area contributed by atoms with Gasteiger partial charge in [-0.05, 0) is 44.2 Å². The second-order valence-corrected chi connectivity index (χ2v) is 5.18. The standard InChI is InChI=1S/C12H15FO2S/c1-12(2,11(14)15)7-8-4-5-10(16-3)9(13)6-8/h4-6H,7H2,1-3H3,(H,14,15). The SMILES string of the molecule is CSc1ccc(CC(C)(C)C(=O)O)cc1F. The summed E-state index contributed by atoms with van der Waals surface area (Å²) in [6.45, 7) is 3.27. The Hall–Kier alpha value is -1.03. The van der Waals surface area contributed by atoms with Gasteiger partial charge in [0, 0.05) is 4.90 Å². The van der Waals surface area contributed by atoms with E-state index in [2.05, 4.69) is 0 Å². The second-order valence-electron chi connectivity index (χ2n) is 4.33. The largest absolute Gasteiger partial charge is 0.481 e. The molecule has 88 valence electrons. The van der Waals surface area contributed by atoms with Crippen molar-refractivity contribution in [2.24, 2.45) is 5.41 Å². The van der Waals surface area contributed by atoms with Gasteiger partial charge in [-0.3, -0.25) is 4.79 Å². The lowest BCUT2D eigenvalue weighted by molar-refractivity contribution is -0.146. The number of thioether (sulfide) groups is 1.